The second kappa shape index (κ2) is 8.20. The van der Waals surface area contributed by atoms with E-state index in [0.717, 1.165) is 10.1 Å². The summed E-state index contributed by atoms with van der Waals surface area (Å²) in [4.78, 5) is 19.6. The van der Waals surface area contributed by atoms with Crippen LogP contribution < -0.4 is 5.32 Å². The molecule has 0 aliphatic heterocycles. The van der Waals surface area contributed by atoms with Crippen molar-refractivity contribution in [2.45, 2.75) is 32.0 Å². The number of carbonyl (C=O) groups excluding carboxylic acids is 1. The Balaban J connectivity index is 1.55. The van der Waals surface area contributed by atoms with Crippen molar-refractivity contribution in [1.29, 1.82) is 0 Å². The number of hydrogen-bond acceptors (Lipinski definition) is 3. The molecule has 0 bridgehead atoms. The van der Waals surface area contributed by atoms with Crippen LogP contribution in [0.4, 0.5) is 13.2 Å². The van der Waals surface area contributed by atoms with Gasteiger partial charge in [0.1, 0.15) is 0 Å². The first-order valence-electron chi connectivity index (χ1n) is 8.63. The Morgan fingerprint density at radius 3 is 2.59 bits per heavy atom. The summed E-state index contributed by atoms with van der Waals surface area (Å²) >= 11 is 0. The molecule has 3 rings (SSSR count). The highest BCUT2D eigenvalue weighted by Gasteiger charge is 2.37. The minimum atomic E-state index is -4.54. The van der Waals surface area contributed by atoms with Crippen LogP contribution in [0, 0.1) is 0 Å². The van der Waals surface area contributed by atoms with E-state index in [2.05, 4.69) is 15.3 Å². The molecular weight excluding hydrogens is 357 g/mol. The topological polar surface area (TPSA) is 59.8 Å². The van der Waals surface area contributed by atoms with Crippen LogP contribution in [0.3, 0.4) is 0 Å². The third-order valence-electron chi connectivity index (χ3n) is 4.18. The number of aromatic nitrogens is 3. The van der Waals surface area contributed by atoms with E-state index < -0.39 is 12.0 Å². The lowest BCUT2D eigenvalue weighted by Crippen LogP contribution is -2.26. The number of aryl methyl sites for hydroxylation is 1. The molecule has 142 valence electrons. The van der Waals surface area contributed by atoms with Gasteiger partial charge < -0.3 is 9.88 Å². The number of amides is 1. The Bertz CT molecular complexity index is 906. The van der Waals surface area contributed by atoms with Gasteiger partial charge in [0.25, 0.3) is 0 Å². The minimum Gasteiger partial charge on any atom is -0.356 e. The van der Waals surface area contributed by atoms with Crippen molar-refractivity contribution in [3.8, 4) is 0 Å². The highest BCUT2D eigenvalue weighted by Crippen LogP contribution is 2.31. The minimum absolute atomic E-state index is 0.0765. The van der Waals surface area contributed by atoms with Gasteiger partial charge in [-0.05, 0) is 42.7 Å². The van der Waals surface area contributed by atoms with Crippen molar-refractivity contribution in [1.82, 2.24) is 19.9 Å². The van der Waals surface area contributed by atoms with Crippen molar-refractivity contribution in [2.24, 2.45) is 0 Å². The predicted octanol–water partition coefficient (Wildman–Crippen LogP) is 3.59. The lowest BCUT2D eigenvalue weighted by molar-refractivity contribution is -0.146. The molecule has 8 heteroatoms. The summed E-state index contributed by atoms with van der Waals surface area (Å²) in [6, 6.07) is 10.2. The Kier molecular flexibility index (Phi) is 5.73. The van der Waals surface area contributed by atoms with Crippen LogP contribution in [0.15, 0.2) is 48.8 Å². The number of hydrogen-bond donors (Lipinski definition) is 1. The van der Waals surface area contributed by atoms with E-state index in [9.17, 15) is 18.0 Å². The molecule has 1 N–H and O–H groups in total. The quantitative estimate of drug-likeness (QED) is 0.686. The fraction of sp³-hybridized carbons (Fsp3) is 0.316. The van der Waals surface area contributed by atoms with Crippen LogP contribution in [0.25, 0.3) is 11.0 Å². The van der Waals surface area contributed by atoms with Crippen LogP contribution >= 0.6 is 0 Å². The molecule has 3 aromatic rings. The summed E-state index contributed by atoms with van der Waals surface area (Å²) < 4.78 is 40.8. The molecule has 2 aromatic heterocycles. The number of para-hydroxylation sites is 2. The van der Waals surface area contributed by atoms with Crippen LogP contribution in [-0.4, -0.2) is 27.0 Å². The van der Waals surface area contributed by atoms with E-state index in [4.69, 9.17) is 0 Å². The van der Waals surface area contributed by atoms with E-state index in [1.54, 1.807) is 36.7 Å². The van der Waals surface area contributed by atoms with Crippen LogP contribution in [0.5, 0.6) is 0 Å². The molecule has 1 aromatic carbocycles. The van der Waals surface area contributed by atoms with Gasteiger partial charge in [-0.25, -0.2) is 4.98 Å². The van der Waals surface area contributed by atoms with Gasteiger partial charge in [0.2, 0.25) is 11.7 Å². The molecular formula is C19H19F3N4O. The molecule has 0 saturated carbocycles. The number of carbonyl (C=O) groups is 1. The standard InChI is InChI=1S/C19H19F3N4O/c20-19(21,22)18-25-15-4-1-2-5-16(15)26(18)13-3-6-17(27)24-12-9-14-7-10-23-11-8-14/h1-2,4-5,7-8,10-11H,3,6,9,12-13H2,(H,24,27). The summed E-state index contributed by atoms with van der Waals surface area (Å²) in [5, 5.41) is 2.79. The molecule has 0 atom stereocenters. The maximum Gasteiger partial charge on any atom is 0.449 e. The van der Waals surface area contributed by atoms with Crippen molar-refractivity contribution < 1.29 is 18.0 Å². The predicted molar refractivity (Wildman–Crippen MR) is 94.9 cm³/mol. The number of halogens is 3. The van der Waals surface area contributed by atoms with Gasteiger partial charge >= 0.3 is 6.18 Å². The number of benzene rings is 1. The number of alkyl halides is 3. The SMILES string of the molecule is O=C(CCCn1c(C(F)(F)F)nc2ccccc21)NCCc1ccncc1. The van der Waals surface area contributed by atoms with E-state index >= 15 is 0 Å². The average molecular weight is 376 g/mol. The van der Waals surface area contributed by atoms with Gasteiger partial charge in [-0.2, -0.15) is 13.2 Å². The molecule has 27 heavy (non-hydrogen) atoms. The maximum atomic E-state index is 13.2. The lowest BCUT2D eigenvalue weighted by atomic mass is 10.2. The molecule has 0 spiro atoms. The maximum absolute atomic E-state index is 13.2. The molecule has 2 heterocycles. The van der Waals surface area contributed by atoms with Gasteiger partial charge in [0.05, 0.1) is 11.0 Å². The van der Waals surface area contributed by atoms with Crippen molar-refractivity contribution in [3.63, 3.8) is 0 Å². The smallest absolute Gasteiger partial charge is 0.356 e. The monoisotopic (exact) mass is 376 g/mol. The Morgan fingerprint density at radius 1 is 1.11 bits per heavy atom. The molecule has 0 radical (unpaired) electrons. The molecule has 5 nitrogen and oxygen atoms in total. The normalized spacial score (nSPS) is 11.7. The highest BCUT2D eigenvalue weighted by molar-refractivity contribution is 5.77. The van der Waals surface area contributed by atoms with E-state index in [-0.39, 0.29) is 18.9 Å². The number of nitrogens with one attached hydrogen (secondary N) is 1. The second-order valence-electron chi connectivity index (χ2n) is 6.13. The zero-order valence-corrected chi connectivity index (χ0v) is 14.5. The van der Waals surface area contributed by atoms with Gasteiger partial charge in [0.15, 0.2) is 0 Å². The number of pyridine rings is 1. The summed E-state index contributed by atoms with van der Waals surface area (Å²) in [6.45, 7) is 0.553. The van der Waals surface area contributed by atoms with Gasteiger partial charge in [0, 0.05) is 31.9 Å². The Morgan fingerprint density at radius 2 is 1.85 bits per heavy atom. The van der Waals surface area contributed by atoms with E-state index in [0.29, 0.717) is 30.4 Å². The van der Waals surface area contributed by atoms with Crippen molar-refractivity contribution in [2.75, 3.05) is 6.54 Å². The van der Waals surface area contributed by atoms with Crippen molar-refractivity contribution >= 4 is 16.9 Å². The summed E-state index contributed by atoms with van der Waals surface area (Å²) in [6.07, 6.45) is -0.0369. The van der Waals surface area contributed by atoms with E-state index in [1.807, 2.05) is 12.1 Å². The molecule has 0 aliphatic rings. The van der Waals surface area contributed by atoms with Gasteiger partial charge in [-0.15, -0.1) is 0 Å². The largest absolute Gasteiger partial charge is 0.449 e. The third kappa shape index (κ3) is 4.84. The van der Waals surface area contributed by atoms with Crippen molar-refractivity contribution in [3.05, 3.63) is 60.2 Å². The fourth-order valence-corrected chi connectivity index (χ4v) is 2.90. The molecule has 1 amide bonds. The Labute approximate surface area is 154 Å². The lowest BCUT2D eigenvalue weighted by Gasteiger charge is -2.11. The fourth-order valence-electron chi connectivity index (χ4n) is 2.90. The number of imidazole rings is 1. The number of fused-ring (bicyclic) bond motifs is 1. The zero-order chi connectivity index (χ0) is 19.3. The molecule has 0 saturated heterocycles. The second-order valence-corrected chi connectivity index (χ2v) is 6.13. The summed E-state index contributed by atoms with van der Waals surface area (Å²) in [7, 11) is 0. The van der Waals surface area contributed by atoms with Gasteiger partial charge in [-0.1, -0.05) is 12.1 Å². The summed E-state index contributed by atoms with van der Waals surface area (Å²) in [5.41, 5.74) is 1.78. The van der Waals surface area contributed by atoms with Crippen LogP contribution in [0.2, 0.25) is 0 Å². The molecule has 0 aliphatic carbocycles. The van der Waals surface area contributed by atoms with Crippen LogP contribution in [-0.2, 0) is 23.9 Å². The Hall–Kier alpha value is -2.90. The number of rotatable bonds is 7. The number of nitrogens with zero attached hydrogens (tertiary/aromatic N) is 3. The molecule has 0 fully saturated rings. The van der Waals surface area contributed by atoms with Gasteiger partial charge in [-0.3, -0.25) is 9.78 Å². The summed E-state index contributed by atoms with van der Waals surface area (Å²) in [5.74, 6) is -1.11. The highest BCUT2D eigenvalue weighted by atomic mass is 19.4. The first kappa shape index (κ1) is 18.9. The average Bonchev–Trinajstić information content (AvgIpc) is 3.02. The van der Waals surface area contributed by atoms with Crippen LogP contribution in [0.1, 0.15) is 24.2 Å². The zero-order valence-electron chi connectivity index (χ0n) is 14.5. The third-order valence-corrected chi connectivity index (χ3v) is 4.18. The van der Waals surface area contributed by atoms with E-state index in [1.165, 1.54) is 0 Å². The first-order valence-corrected chi connectivity index (χ1v) is 8.63. The molecule has 0 unspecified atom stereocenters. The first-order chi connectivity index (χ1) is 12.9.